The second kappa shape index (κ2) is 7.03. The van der Waals surface area contributed by atoms with Crippen molar-refractivity contribution < 1.29 is 13.2 Å². The molecule has 0 saturated heterocycles. The molecule has 0 fully saturated rings. The molecule has 1 aromatic rings. The fourth-order valence-electron chi connectivity index (χ4n) is 1.62. The van der Waals surface area contributed by atoms with Crippen molar-refractivity contribution in [3.05, 3.63) is 29.6 Å². The van der Waals surface area contributed by atoms with E-state index in [9.17, 15) is 13.2 Å². The predicted octanol–water partition coefficient (Wildman–Crippen LogP) is -0.445. The molecular formula is C13H17N3O3S. The summed E-state index contributed by atoms with van der Waals surface area (Å²) in [5.74, 6) is 4.83. The molecule has 0 aliphatic carbocycles. The van der Waals surface area contributed by atoms with Crippen LogP contribution in [-0.2, 0) is 9.84 Å². The van der Waals surface area contributed by atoms with Crippen molar-refractivity contribution in [1.29, 1.82) is 0 Å². The van der Waals surface area contributed by atoms with Gasteiger partial charge in [-0.2, -0.15) is 0 Å². The van der Waals surface area contributed by atoms with Gasteiger partial charge in [0.15, 0.2) is 0 Å². The number of nitrogens with two attached hydrogens (primary N) is 1. The normalized spacial score (nSPS) is 12.2. The summed E-state index contributed by atoms with van der Waals surface area (Å²) in [4.78, 5) is 16.0. The van der Waals surface area contributed by atoms with E-state index in [1.165, 1.54) is 6.20 Å². The Morgan fingerprint density at radius 1 is 1.55 bits per heavy atom. The van der Waals surface area contributed by atoms with Crippen molar-refractivity contribution in [3.63, 3.8) is 0 Å². The number of pyridine rings is 1. The number of nitrogens with one attached hydrogen (secondary N) is 1. The molecule has 1 aromatic heterocycles. The van der Waals surface area contributed by atoms with Crippen molar-refractivity contribution in [3.8, 4) is 11.8 Å². The van der Waals surface area contributed by atoms with Gasteiger partial charge in [-0.05, 0) is 19.1 Å². The van der Waals surface area contributed by atoms with Gasteiger partial charge in [-0.15, -0.1) is 0 Å². The number of hydrogen-bond acceptors (Lipinski definition) is 5. The second-order valence-electron chi connectivity index (χ2n) is 4.37. The number of carbonyl (C=O) groups excluding carboxylic acids is 1. The molecule has 0 aliphatic rings. The van der Waals surface area contributed by atoms with Crippen molar-refractivity contribution in [1.82, 2.24) is 10.3 Å². The third kappa shape index (κ3) is 5.38. The number of sulfone groups is 1. The average molecular weight is 295 g/mol. The summed E-state index contributed by atoms with van der Waals surface area (Å²) in [6.07, 6.45) is 2.60. The van der Waals surface area contributed by atoms with Gasteiger partial charge in [0.1, 0.15) is 15.5 Å². The van der Waals surface area contributed by atoms with E-state index < -0.39 is 21.8 Å². The van der Waals surface area contributed by atoms with E-state index in [-0.39, 0.29) is 18.0 Å². The van der Waals surface area contributed by atoms with Gasteiger partial charge >= 0.3 is 0 Å². The predicted molar refractivity (Wildman–Crippen MR) is 76.8 cm³/mol. The Bertz CT molecular complexity index is 644. The number of nitrogens with zero attached hydrogens (tertiary/aromatic N) is 1. The van der Waals surface area contributed by atoms with Crippen molar-refractivity contribution in [2.45, 2.75) is 13.0 Å². The standard InChI is InChI=1S/C13H17N3O3S/c1-10(9-20(2,18)19)16-13(17)12-11(5-3-7-14)6-4-8-15-12/h4,6,8,10H,7,9,14H2,1-2H3,(H,16,17). The molecule has 1 heterocycles. The minimum atomic E-state index is -3.16. The molecular weight excluding hydrogens is 278 g/mol. The van der Waals surface area contributed by atoms with E-state index in [2.05, 4.69) is 22.1 Å². The molecule has 20 heavy (non-hydrogen) atoms. The summed E-state index contributed by atoms with van der Waals surface area (Å²) in [7, 11) is -3.16. The lowest BCUT2D eigenvalue weighted by Gasteiger charge is -2.12. The second-order valence-corrected chi connectivity index (χ2v) is 6.56. The first kappa shape index (κ1) is 16.1. The first-order valence-electron chi connectivity index (χ1n) is 5.96. The third-order valence-electron chi connectivity index (χ3n) is 2.28. The van der Waals surface area contributed by atoms with Gasteiger partial charge in [0.25, 0.3) is 5.91 Å². The van der Waals surface area contributed by atoms with Crippen LogP contribution in [0.1, 0.15) is 23.0 Å². The molecule has 3 N–H and O–H groups in total. The molecule has 1 amide bonds. The van der Waals surface area contributed by atoms with Gasteiger partial charge in [0.05, 0.1) is 17.9 Å². The molecule has 108 valence electrons. The van der Waals surface area contributed by atoms with E-state index in [1.807, 2.05) is 0 Å². The number of carbonyl (C=O) groups is 1. The molecule has 1 atom stereocenters. The van der Waals surface area contributed by atoms with Crippen LogP contribution in [0.4, 0.5) is 0 Å². The van der Waals surface area contributed by atoms with Crippen molar-refractivity contribution in [2.75, 3.05) is 18.6 Å². The van der Waals surface area contributed by atoms with E-state index >= 15 is 0 Å². The Morgan fingerprint density at radius 3 is 2.85 bits per heavy atom. The van der Waals surface area contributed by atoms with E-state index in [1.54, 1.807) is 19.1 Å². The third-order valence-corrected chi connectivity index (χ3v) is 3.38. The van der Waals surface area contributed by atoms with Crippen LogP contribution in [-0.4, -0.2) is 43.9 Å². The molecule has 0 saturated carbocycles. The molecule has 0 radical (unpaired) electrons. The summed E-state index contributed by atoms with van der Waals surface area (Å²) >= 11 is 0. The van der Waals surface area contributed by atoms with Crippen LogP contribution in [0.3, 0.4) is 0 Å². The largest absolute Gasteiger partial charge is 0.347 e. The summed E-state index contributed by atoms with van der Waals surface area (Å²) in [6.45, 7) is 1.80. The molecule has 0 bridgehead atoms. The Morgan fingerprint density at radius 2 is 2.25 bits per heavy atom. The summed E-state index contributed by atoms with van der Waals surface area (Å²) in [5.41, 5.74) is 5.91. The summed E-state index contributed by atoms with van der Waals surface area (Å²) < 4.78 is 22.3. The zero-order valence-corrected chi connectivity index (χ0v) is 12.2. The van der Waals surface area contributed by atoms with Gasteiger partial charge in [-0.25, -0.2) is 13.4 Å². The van der Waals surface area contributed by atoms with Gasteiger partial charge < -0.3 is 11.1 Å². The monoisotopic (exact) mass is 295 g/mol. The topological polar surface area (TPSA) is 102 Å². The zero-order valence-electron chi connectivity index (χ0n) is 11.4. The fraction of sp³-hybridized carbons (Fsp3) is 0.385. The Kier molecular flexibility index (Phi) is 5.67. The van der Waals surface area contributed by atoms with Crippen LogP contribution in [0.5, 0.6) is 0 Å². The highest BCUT2D eigenvalue weighted by Crippen LogP contribution is 2.04. The maximum atomic E-state index is 12.1. The van der Waals surface area contributed by atoms with E-state index in [4.69, 9.17) is 5.73 Å². The number of aromatic nitrogens is 1. The minimum absolute atomic E-state index is 0.130. The van der Waals surface area contributed by atoms with Gasteiger partial charge in [-0.3, -0.25) is 4.79 Å². The fourth-order valence-corrected chi connectivity index (χ4v) is 2.61. The SMILES string of the molecule is CC(CS(C)(=O)=O)NC(=O)c1ncccc1C#CCN. The highest BCUT2D eigenvalue weighted by Gasteiger charge is 2.17. The van der Waals surface area contributed by atoms with Crippen LogP contribution in [0.25, 0.3) is 0 Å². The van der Waals surface area contributed by atoms with Gasteiger partial charge in [0.2, 0.25) is 0 Å². The molecule has 7 heteroatoms. The smallest absolute Gasteiger partial charge is 0.271 e. The first-order valence-corrected chi connectivity index (χ1v) is 8.02. The quantitative estimate of drug-likeness (QED) is 0.733. The van der Waals surface area contributed by atoms with Gasteiger partial charge in [0, 0.05) is 18.5 Å². The molecule has 0 aliphatic heterocycles. The maximum absolute atomic E-state index is 12.1. The molecule has 6 nitrogen and oxygen atoms in total. The summed E-state index contributed by atoms with van der Waals surface area (Å²) in [5, 5.41) is 2.59. The minimum Gasteiger partial charge on any atom is -0.347 e. The molecule has 0 spiro atoms. The number of rotatable bonds is 4. The zero-order chi connectivity index (χ0) is 15.2. The molecule has 1 unspecified atom stereocenters. The molecule has 1 rings (SSSR count). The van der Waals surface area contributed by atoms with Crippen molar-refractivity contribution in [2.24, 2.45) is 5.73 Å². The maximum Gasteiger partial charge on any atom is 0.271 e. The van der Waals surface area contributed by atoms with Gasteiger partial charge in [-0.1, -0.05) is 11.8 Å². The summed E-state index contributed by atoms with van der Waals surface area (Å²) in [6, 6.07) is 2.82. The van der Waals surface area contributed by atoms with Crippen molar-refractivity contribution >= 4 is 15.7 Å². The molecule has 0 aromatic carbocycles. The average Bonchev–Trinajstić information content (AvgIpc) is 2.34. The highest BCUT2D eigenvalue weighted by atomic mass is 32.2. The Hall–Kier alpha value is -1.91. The van der Waals surface area contributed by atoms with Crippen LogP contribution in [0.2, 0.25) is 0 Å². The lowest BCUT2D eigenvalue weighted by molar-refractivity contribution is 0.0938. The van der Waals surface area contributed by atoms with Crippen LogP contribution < -0.4 is 11.1 Å². The number of amides is 1. The first-order chi connectivity index (χ1) is 9.33. The van der Waals surface area contributed by atoms with E-state index in [0.717, 1.165) is 6.26 Å². The van der Waals surface area contributed by atoms with Crippen LogP contribution in [0.15, 0.2) is 18.3 Å². The number of hydrogen-bond donors (Lipinski definition) is 2. The lowest BCUT2D eigenvalue weighted by Crippen LogP contribution is -2.38. The van der Waals surface area contributed by atoms with Crippen LogP contribution in [0, 0.1) is 11.8 Å². The van der Waals surface area contributed by atoms with E-state index in [0.29, 0.717) is 5.56 Å². The lowest BCUT2D eigenvalue weighted by atomic mass is 10.2. The Labute approximate surface area is 118 Å². The Balaban J connectivity index is 2.88. The van der Waals surface area contributed by atoms with Crippen LogP contribution >= 0.6 is 0 Å². The highest BCUT2D eigenvalue weighted by molar-refractivity contribution is 7.90.